The molecule has 0 aromatic heterocycles. The molecule has 0 unspecified atom stereocenters. The van der Waals surface area contributed by atoms with Crippen molar-refractivity contribution in [2.45, 2.75) is 39.8 Å². The molecule has 0 spiro atoms. The highest BCUT2D eigenvalue weighted by Crippen LogP contribution is 2.11. The summed E-state index contributed by atoms with van der Waals surface area (Å²) in [4.78, 5) is 25.3. The van der Waals surface area contributed by atoms with E-state index in [4.69, 9.17) is 0 Å². The van der Waals surface area contributed by atoms with Gasteiger partial charge in [0.2, 0.25) is 11.8 Å². The zero-order valence-electron chi connectivity index (χ0n) is 12.1. The molecule has 1 N–H and O–H groups in total. The van der Waals surface area contributed by atoms with Crippen LogP contribution in [0, 0.1) is 6.92 Å². The molecule has 0 saturated heterocycles. The first-order valence-corrected chi connectivity index (χ1v) is 6.56. The maximum Gasteiger partial charge on any atom is 0.242 e. The summed E-state index contributed by atoms with van der Waals surface area (Å²) in [6.07, 6.45) is 0.396. The number of hydrogen-bond acceptors (Lipinski definition) is 2. The number of nitrogens with zero attached hydrogens (tertiary/aromatic N) is 1. The van der Waals surface area contributed by atoms with Crippen LogP contribution >= 0.6 is 0 Å². The minimum Gasteiger partial charge on any atom is -0.357 e. The van der Waals surface area contributed by atoms with E-state index >= 15 is 0 Å². The topological polar surface area (TPSA) is 49.4 Å². The third-order valence-electron chi connectivity index (χ3n) is 3.19. The monoisotopic (exact) mass is 262 g/mol. The van der Waals surface area contributed by atoms with Crippen molar-refractivity contribution in [1.82, 2.24) is 10.2 Å². The van der Waals surface area contributed by atoms with E-state index in [1.807, 2.05) is 31.2 Å². The molecule has 0 bridgehead atoms. The molecule has 104 valence electrons. The predicted molar refractivity (Wildman–Crippen MR) is 75.5 cm³/mol. The van der Waals surface area contributed by atoms with E-state index in [1.54, 1.807) is 25.8 Å². The number of nitrogens with one attached hydrogen (secondary N) is 1. The summed E-state index contributed by atoms with van der Waals surface area (Å²) in [5.41, 5.74) is 2.21. The van der Waals surface area contributed by atoms with E-state index in [2.05, 4.69) is 5.32 Å². The maximum absolute atomic E-state index is 12.0. The zero-order valence-corrected chi connectivity index (χ0v) is 12.1. The lowest BCUT2D eigenvalue weighted by Crippen LogP contribution is -2.46. The Bertz CT molecular complexity index is 440. The summed E-state index contributed by atoms with van der Waals surface area (Å²) >= 11 is 0. The Morgan fingerprint density at radius 3 is 2.32 bits per heavy atom. The Kier molecular flexibility index (Phi) is 5.55. The number of amides is 2. The first kappa shape index (κ1) is 15.2. The van der Waals surface area contributed by atoms with Gasteiger partial charge < -0.3 is 10.2 Å². The molecule has 2 amide bonds. The van der Waals surface area contributed by atoms with E-state index in [9.17, 15) is 9.59 Å². The van der Waals surface area contributed by atoms with Gasteiger partial charge >= 0.3 is 0 Å². The molecule has 0 radical (unpaired) electrons. The van der Waals surface area contributed by atoms with Gasteiger partial charge in [0.15, 0.2) is 0 Å². The molecule has 1 aromatic rings. The minimum atomic E-state index is -0.459. The van der Waals surface area contributed by atoms with Crippen molar-refractivity contribution >= 4 is 11.8 Å². The Morgan fingerprint density at radius 1 is 1.26 bits per heavy atom. The quantitative estimate of drug-likeness (QED) is 0.880. The number of rotatable bonds is 5. The Labute approximate surface area is 114 Å². The molecule has 1 rings (SSSR count). The second kappa shape index (κ2) is 6.92. The summed E-state index contributed by atoms with van der Waals surface area (Å²) in [7, 11) is 1.58. The minimum absolute atomic E-state index is 0.0170. The van der Waals surface area contributed by atoms with Crippen LogP contribution in [-0.4, -0.2) is 29.8 Å². The third kappa shape index (κ3) is 4.09. The number of carbonyl (C=O) groups is 2. The van der Waals surface area contributed by atoms with Crippen molar-refractivity contribution < 1.29 is 9.59 Å². The summed E-state index contributed by atoms with van der Waals surface area (Å²) in [6, 6.07) is 7.53. The molecule has 0 fully saturated rings. The highest BCUT2D eigenvalue weighted by molar-refractivity contribution is 5.87. The molecule has 19 heavy (non-hydrogen) atoms. The Hall–Kier alpha value is -1.84. The van der Waals surface area contributed by atoms with E-state index in [1.165, 1.54) is 5.56 Å². The fourth-order valence-electron chi connectivity index (χ4n) is 1.88. The van der Waals surface area contributed by atoms with Crippen LogP contribution in [0.4, 0.5) is 0 Å². The van der Waals surface area contributed by atoms with Crippen LogP contribution in [0.5, 0.6) is 0 Å². The van der Waals surface area contributed by atoms with Crippen molar-refractivity contribution in [2.24, 2.45) is 0 Å². The summed E-state index contributed by atoms with van der Waals surface area (Å²) in [5.74, 6) is -0.161. The van der Waals surface area contributed by atoms with Crippen LogP contribution in [-0.2, 0) is 16.1 Å². The van der Waals surface area contributed by atoms with Crippen LogP contribution in [0.15, 0.2) is 24.3 Å². The Morgan fingerprint density at radius 2 is 1.84 bits per heavy atom. The van der Waals surface area contributed by atoms with Crippen LogP contribution in [0.1, 0.15) is 31.4 Å². The average Bonchev–Trinajstić information content (AvgIpc) is 2.44. The molecule has 0 heterocycles. The highest BCUT2D eigenvalue weighted by atomic mass is 16.2. The third-order valence-corrected chi connectivity index (χ3v) is 3.19. The van der Waals surface area contributed by atoms with Crippen molar-refractivity contribution in [3.63, 3.8) is 0 Å². The second-order valence-electron chi connectivity index (χ2n) is 4.65. The van der Waals surface area contributed by atoms with Gasteiger partial charge in [0.25, 0.3) is 0 Å². The van der Waals surface area contributed by atoms with Crippen molar-refractivity contribution in [2.75, 3.05) is 7.05 Å². The van der Waals surface area contributed by atoms with Gasteiger partial charge in [-0.15, -0.1) is 0 Å². The van der Waals surface area contributed by atoms with Gasteiger partial charge in [-0.3, -0.25) is 9.59 Å². The van der Waals surface area contributed by atoms with E-state index in [-0.39, 0.29) is 11.8 Å². The molecular weight excluding hydrogens is 240 g/mol. The molecular formula is C15H22N2O2. The van der Waals surface area contributed by atoms with Gasteiger partial charge in [-0.05, 0) is 19.4 Å². The van der Waals surface area contributed by atoms with Crippen LogP contribution in [0.3, 0.4) is 0 Å². The number of carbonyl (C=O) groups excluding carboxylic acids is 2. The van der Waals surface area contributed by atoms with E-state index < -0.39 is 6.04 Å². The van der Waals surface area contributed by atoms with Gasteiger partial charge in [-0.2, -0.15) is 0 Å². The van der Waals surface area contributed by atoms with Crippen molar-refractivity contribution in [3.05, 3.63) is 35.4 Å². The van der Waals surface area contributed by atoms with E-state index in [0.717, 1.165) is 5.56 Å². The first-order valence-electron chi connectivity index (χ1n) is 6.56. The standard InChI is InChI=1S/C15H22N2O2/c1-5-14(18)17(12(3)15(19)16-4)10-13-8-6-11(2)7-9-13/h6-9,12H,5,10H2,1-4H3,(H,16,19)/t12-/m1/s1. The van der Waals surface area contributed by atoms with Crippen LogP contribution < -0.4 is 5.32 Å². The number of likely N-dealkylation sites (N-methyl/N-ethyl adjacent to an activating group) is 1. The highest BCUT2D eigenvalue weighted by Gasteiger charge is 2.24. The van der Waals surface area contributed by atoms with Gasteiger partial charge in [-0.25, -0.2) is 0 Å². The van der Waals surface area contributed by atoms with E-state index in [0.29, 0.717) is 13.0 Å². The van der Waals surface area contributed by atoms with Crippen LogP contribution in [0.25, 0.3) is 0 Å². The smallest absolute Gasteiger partial charge is 0.242 e. The molecule has 4 nitrogen and oxygen atoms in total. The molecule has 1 aromatic carbocycles. The molecule has 0 aliphatic heterocycles. The van der Waals surface area contributed by atoms with Gasteiger partial charge in [-0.1, -0.05) is 36.8 Å². The summed E-state index contributed by atoms with van der Waals surface area (Å²) < 4.78 is 0. The lowest BCUT2D eigenvalue weighted by Gasteiger charge is -2.28. The van der Waals surface area contributed by atoms with Crippen molar-refractivity contribution in [1.29, 1.82) is 0 Å². The van der Waals surface area contributed by atoms with Gasteiger partial charge in [0.1, 0.15) is 6.04 Å². The lowest BCUT2D eigenvalue weighted by molar-refractivity contribution is -0.140. The largest absolute Gasteiger partial charge is 0.357 e. The molecule has 1 atom stereocenters. The summed E-state index contributed by atoms with van der Waals surface area (Å²) in [5, 5.41) is 2.59. The predicted octanol–water partition coefficient (Wildman–Crippen LogP) is 1.87. The maximum atomic E-state index is 12.0. The Balaban J connectivity index is 2.89. The van der Waals surface area contributed by atoms with Gasteiger partial charge in [0, 0.05) is 20.0 Å². The SMILES string of the molecule is CCC(=O)N(Cc1ccc(C)cc1)[C@H](C)C(=O)NC. The zero-order chi connectivity index (χ0) is 14.4. The fraction of sp³-hybridized carbons (Fsp3) is 0.467. The molecule has 0 aliphatic rings. The molecule has 0 saturated carbocycles. The number of aryl methyl sites for hydroxylation is 1. The van der Waals surface area contributed by atoms with Crippen molar-refractivity contribution in [3.8, 4) is 0 Å². The summed E-state index contributed by atoms with van der Waals surface area (Å²) in [6.45, 7) is 6.04. The number of benzene rings is 1. The molecule has 0 aliphatic carbocycles. The number of hydrogen-bond donors (Lipinski definition) is 1. The van der Waals surface area contributed by atoms with Gasteiger partial charge in [0.05, 0.1) is 0 Å². The normalized spacial score (nSPS) is 11.8. The molecule has 4 heteroatoms. The first-order chi connectivity index (χ1) is 8.99. The second-order valence-corrected chi connectivity index (χ2v) is 4.65. The lowest BCUT2D eigenvalue weighted by atomic mass is 10.1. The fourth-order valence-corrected chi connectivity index (χ4v) is 1.88. The average molecular weight is 262 g/mol. The van der Waals surface area contributed by atoms with Crippen LogP contribution in [0.2, 0.25) is 0 Å².